The average molecular weight is 362 g/mol. The van der Waals surface area contributed by atoms with Crippen molar-refractivity contribution in [1.82, 2.24) is 25.1 Å². The fraction of sp³-hybridized carbons (Fsp3) is 0.300. The van der Waals surface area contributed by atoms with E-state index in [4.69, 9.17) is 4.98 Å². The summed E-state index contributed by atoms with van der Waals surface area (Å²) in [6.07, 6.45) is 0. The smallest absolute Gasteiger partial charge is 0.159 e. The summed E-state index contributed by atoms with van der Waals surface area (Å²) >= 11 is 0. The van der Waals surface area contributed by atoms with Crippen LogP contribution in [0.15, 0.2) is 36.4 Å². The molecule has 0 amide bonds. The highest BCUT2D eigenvalue weighted by atomic mass is 16.3. The van der Waals surface area contributed by atoms with E-state index in [1.54, 1.807) is 12.1 Å². The van der Waals surface area contributed by atoms with E-state index in [1.807, 2.05) is 6.07 Å². The van der Waals surface area contributed by atoms with Gasteiger partial charge in [-0.25, -0.2) is 4.98 Å². The molecule has 3 heterocycles. The summed E-state index contributed by atoms with van der Waals surface area (Å²) in [6.45, 7) is 5.42. The molecule has 1 aliphatic heterocycles. The van der Waals surface area contributed by atoms with Crippen LogP contribution in [0.5, 0.6) is 5.75 Å². The standard InChI is InChI=1S/C20H22N6O/c1-12-11-25(2)7-8-26(12)13-3-5-17-18(9-13)22-20(21-17)19-15-10-14(27)4-6-16(15)23-24-19/h3-6,9-10,12,27H,7-8,11H2,1-2H3,(H,21,22)(H,23,24). The molecule has 0 radical (unpaired) electrons. The Morgan fingerprint density at radius 3 is 2.85 bits per heavy atom. The average Bonchev–Trinajstić information content (AvgIpc) is 3.24. The van der Waals surface area contributed by atoms with Crippen LogP contribution < -0.4 is 4.90 Å². The second-order valence-electron chi connectivity index (χ2n) is 7.39. The van der Waals surface area contributed by atoms with Gasteiger partial charge in [-0.2, -0.15) is 5.10 Å². The van der Waals surface area contributed by atoms with Crippen LogP contribution in [0.25, 0.3) is 33.5 Å². The number of likely N-dealkylation sites (N-methyl/N-ethyl adjacent to an activating group) is 1. The lowest BCUT2D eigenvalue weighted by Crippen LogP contribution is -2.50. The van der Waals surface area contributed by atoms with Gasteiger partial charge in [-0.1, -0.05) is 0 Å². The van der Waals surface area contributed by atoms with Gasteiger partial charge in [0.05, 0.1) is 16.6 Å². The Kier molecular flexibility index (Phi) is 3.58. The number of aromatic hydroxyl groups is 1. The lowest BCUT2D eigenvalue weighted by molar-refractivity contribution is 0.275. The topological polar surface area (TPSA) is 84.1 Å². The van der Waals surface area contributed by atoms with E-state index < -0.39 is 0 Å². The predicted molar refractivity (Wildman–Crippen MR) is 107 cm³/mol. The Labute approximate surface area is 156 Å². The van der Waals surface area contributed by atoms with Crippen molar-refractivity contribution in [3.8, 4) is 17.3 Å². The maximum Gasteiger partial charge on any atom is 0.159 e. The number of nitrogens with one attached hydrogen (secondary N) is 2. The number of hydrogen-bond acceptors (Lipinski definition) is 5. The first-order valence-corrected chi connectivity index (χ1v) is 9.21. The maximum absolute atomic E-state index is 9.80. The van der Waals surface area contributed by atoms with E-state index in [0.29, 0.717) is 17.6 Å². The summed E-state index contributed by atoms with van der Waals surface area (Å²) in [7, 11) is 2.17. The minimum atomic E-state index is 0.215. The van der Waals surface area contributed by atoms with Gasteiger partial charge in [-0.3, -0.25) is 5.10 Å². The number of phenols is 1. The Morgan fingerprint density at radius 2 is 2.00 bits per heavy atom. The molecule has 3 N–H and O–H groups in total. The van der Waals surface area contributed by atoms with Gasteiger partial charge in [0.1, 0.15) is 11.4 Å². The van der Waals surface area contributed by atoms with Crippen molar-refractivity contribution in [2.75, 3.05) is 31.6 Å². The molecule has 0 bridgehead atoms. The quantitative estimate of drug-likeness (QED) is 0.511. The monoisotopic (exact) mass is 362 g/mol. The molecule has 4 aromatic rings. The van der Waals surface area contributed by atoms with Gasteiger partial charge in [-0.15, -0.1) is 0 Å². The van der Waals surface area contributed by atoms with Crippen LogP contribution in [0.3, 0.4) is 0 Å². The molecule has 27 heavy (non-hydrogen) atoms. The number of hydrogen-bond donors (Lipinski definition) is 3. The van der Waals surface area contributed by atoms with E-state index >= 15 is 0 Å². The number of piperazine rings is 1. The Hall–Kier alpha value is -3.06. The van der Waals surface area contributed by atoms with E-state index in [9.17, 15) is 5.11 Å². The van der Waals surface area contributed by atoms with Crippen LogP contribution >= 0.6 is 0 Å². The largest absolute Gasteiger partial charge is 0.508 e. The molecule has 138 valence electrons. The summed E-state index contributed by atoms with van der Waals surface area (Å²) in [5, 5.41) is 18.0. The third-order valence-electron chi connectivity index (χ3n) is 5.40. The second-order valence-corrected chi connectivity index (χ2v) is 7.39. The first kappa shape index (κ1) is 16.1. The zero-order valence-electron chi connectivity index (χ0n) is 15.4. The number of nitrogens with zero attached hydrogens (tertiary/aromatic N) is 4. The van der Waals surface area contributed by atoms with Crippen molar-refractivity contribution >= 4 is 27.6 Å². The minimum Gasteiger partial charge on any atom is -0.508 e. The fourth-order valence-corrected chi connectivity index (χ4v) is 3.99. The molecule has 1 saturated heterocycles. The number of rotatable bonds is 2. The number of aromatic nitrogens is 4. The van der Waals surface area contributed by atoms with Crippen molar-refractivity contribution in [3.63, 3.8) is 0 Å². The summed E-state index contributed by atoms with van der Waals surface area (Å²) in [4.78, 5) is 12.9. The zero-order chi connectivity index (χ0) is 18.5. The Bertz CT molecular complexity index is 1130. The number of imidazole rings is 1. The Morgan fingerprint density at radius 1 is 1.11 bits per heavy atom. The number of fused-ring (bicyclic) bond motifs is 2. The van der Waals surface area contributed by atoms with Crippen LogP contribution in [-0.2, 0) is 0 Å². The number of phenolic OH excluding ortho intramolecular Hbond substituents is 1. The molecule has 0 aliphatic carbocycles. The van der Waals surface area contributed by atoms with Crippen LogP contribution in [0.1, 0.15) is 6.92 Å². The van der Waals surface area contributed by atoms with Crippen LogP contribution in [0, 0.1) is 0 Å². The summed E-state index contributed by atoms with van der Waals surface area (Å²) < 4.78 is 0. The van der Waals surface area contributed by atoms with Gasteiger partial charge in [-0.05, 0) is 50.4 Å². The van der Waals surface area contributed by atoms with Crippen molar-refractivity contribution in [1.29, 1.82) is 0 Å². The normalized spacial score (nSPS) is 18.6. The van der Waals surface area contributed by atoms with Gasteiger partial charge in [0.25, 0.3) is 0 Å². The van der Waals surface area contributed by atoms with E-state index in [2.05, 4.69) is 57.2 Å². The van der Waals surface area contributed by atoms with Crippen molar-refractivity contribution < 1.29 is 5.11 Å². The molecule has 5 rings (SSSR count). The summed E-state index contributed by atoms with van der Waals surface area (Å²) in [5.74, 6) is 0.915. The molecule has 2 aromatic carbocycles. The second kappa shape index (κ2) is 5.99. The van der Waals surface area contributed by atoms with Gasteiger partial charge >= 0.3 is 0 Å². The highest BCUT2D eigenvalue weighted by Gasteiger charge is 2.22. The van der Waals surface area contributed by atoms with E-state index in [-0.39, 0.29) is 5.75 Å². The molecule has 2 aromatic heterocycles. The SMILES string of the molecule is CC1CN(C)CCN1c1ccc2nc(-c3n[nH]c4ccc(O)cc34)[nH]c2c1. The molecule has 1 atom stereocenters. The highest BCUT2D eigenvalue weighted by molar-refractivity contribution is 5.94. The summed E-state index contributed by atoms with van der Waals surface area (Å²) in [5.41, 5.74) is 4.70. The molecular formula is C20H22N6O. The first-order chi connectivity index (χ1) is 13.1. The fourth-order valence-electron chi connectivity index (χ4n) is 3.99. The summed E-state index contributed by atoms with van der Waals surface area (Å²) in [6, 6.07) is 12.0. The zero-order valence-corrected chi connectivity index (χ0v) is 15.4. The van der Waals surface area contributed by atoms with E-state index in [0.717, 1.165) is 41.6 Å². The molecule has 1 aliphatic rings. The molecule has 0 spiro atoms. The maximum atomic E-state index is 9.80. The minimum absolute atomic E-state index is 0.215. The number of anilines is 1. The number of benzene rings is 2. The van der Waals surface area contributed by atoms with Crippen LogP contribution in [0.2, 0.25) is 0 Å². The highest BCUT2D eigenvalue weighted by Crippen LogP contribution is 2.30. The molecular weight excluding hydrogens is 340 g/mol. The lowest BCUT2D eigenvalue weighted by atomic mass is 10.1. The Balaban J connectivity index is 1.55. The molecule has 1 fully saturated rings. The van der Waals surface area contributed by atoms with Crippen molar-refractivity contribution in [3.05, 3.63) is 36.4 Å². The predicted octanol–water partition coefficient (Wildman–Crippen LogP) is 2.95. The molecule has 0 saturated carbocycles. The first-order valence-electron chi connectivity index (χ1n) is 9.21. The van der Waals surface area contributed by atoms with Gasteiger partial charge < -0.3 is 19.9 Å². The van der Waals surface area contributed by atoms with Gasteiger partial charge in [0.15, 0.2) is 5.82 Å². The lowest BCUT2D eigenvalue weighted by Gasteiger charge is -2.39. The molecule has 7 nitrogen and oxygen atoms in total. The van der Waals surface area contributed by atoms with Gasteiger partial charge in [0, 0.05) is 36.7 Å². The number of H-pyrrole nitrogens is 2. The molecule has 1 unspecified atom stereocenters. The number of aromatic amines is 2. The van der Waals surface area contributed by atoms with E-state index in [1.165, 1.54) is 5.69 Å². The van der Waals surface area contributed by atoms with Crippen molar-refractivity contribution in [2.24, 2.45) is 0 Å². The van der Waals surface area contributed by atoms with Crippen LogP contribution in [0.4, 0.5) is 5.69 Å². The van der Waals surface area contributed by atoms with Crippen molar-refractivity contribution in [2.45, 2.75) is 13.0 Å². The third kappa shape index (κ3) is 2.71. The third-order valence-corrected chi connectivity index (χ3v) is 5.40. The molecule has 7 heteroatoms. The van der Waals surface area contributed by atoms with Crippen LogP contribution in [-0.4, -0.2) is 62.9 Å². The van der Waals surface area contributed by atoms with Gasteiger partial charge in [0.2, 0.25) is 0 Å².